The molecule has 0 saturated heterocycles. The van der Waals surface area contributed by atoms with Gasteiger partial charge in [-0.05, 0) is 81.0 Å². The van der Waals surface area contributed by atoms with Crippen molar-refractivity contribution in [2.75, 3.05) is 7.11 Å². The average molecular weight is 278 g/mol. The summed E-state index contributed by atoms with van der Waals surface area (Å²) in [6.07, 6.45) is 15.7. The second-order valence-corrected chi connectivity index (χ2v) is 8.67. The molecular weight excluding hydrogens is 244 g/mol. The first kappa shape index (κ1) is 14.9. The van der Waals surface area contributed by atoms with Crippen LogP contribution in [0.5, 0.6) is 0 Å². The van der Waals surface area contributed by atoms with Gasteiger partial charge in [0.25, 0.3) is 0 Å². The van der Waals surface area contributed by atoms with Gasteiger partial charge in [-0.1, -0.05) is 26.7 Å². The van der Waals surface area contributed by atoms with Crippen LogP contribution in [0.2, 0.25) is 0 Å². The van der Waals surface area contributed by atoms with Gasteiger partial charge in [-0.25, -0.2) is 0 Å². The molecule has 0 aromatic rings. The third-order valence-corrected chi connectivity index (χ3v) is 8.11. The topological polar surface area (TPSA) is 9.23 Å². The third kappa shape index (κ3) is 1.77. The summed E-state index contributed by atoms with van der Waals surface area (Å²) in [4.78, 5) is 0. The van der Waals surface area contributed by atoms with E-state index < -0.39 is 0 Å². The van der Waals surface area contributed by atoms with Crippen LogP contribution in [0.3, 0.4) is 0 Å². The monoisotopic (exact) mass is 278 g/mol. The van der Waals surface area contributed by atoms with Crippen LogP contribution >= 0.6 is 0 Å². The molecule has 3 fully saturated rings. The molecule has 20 heavy (non-hydrogen) atoms. The maximum atomic E-state index is 6.01. The van der Waals surface area contributed by atoms with Crippen molar-refractivity contribution in [1.29, 1.82) is 0 Å². The van der Waals surface area contributed by atoms with Crippen LogP contribution in [0.1, 0.15) is 91.4 Å². The molecule has 116 valence electrons. The fraction of sp³-hybridized carbons (Fsp3) is 1.00. The summed E-state index contributed by atoms with van der Waals surface area (Å²) in [6.45, 7) is 7.49. The van der Waals surface area contributed by atoms with Gasteiger partial charge in [-0.3, -0.25) is 0 Å². The van der Waals surface area contributed by atoms with E-state index in [1.54, 1.807) is 0 Å². The van der Waals surface area contributed by atoms with Gasteiger partial charge in [0.2, 0.25) is 0 Å². The van der Waals surface area contributed by atoms with Crippen molar-refractivity contribution in [2.24, 2.45) is 16.2 Å². The highest BCUT2D eigenvalue weighted by molar-refractivity contribution is 5.16. The highest BCUT2D eigenvalue weighted by Crippen LogP contribution is 2.74. The van der Waals surface area contributed by atoms with Crippen LogP contribution in [-0.4, -0.2) is 12.7 Å². The average Bonchev–Trinajstić information content (AvgIpc) is 2.58. The van der Waals surface area contributed by atoms with Gasteiger partial charge in [0.15, 0.2) is 0 Å². The fourth-order valence-electron chi connectivity index (χ4n) is 6.75. The van der Waals surface area contributed by atoms with E-state index in [1.807, 2.05) is 7.11 Å². The predicted molar refractivity (Wildman–Crippen MR) is 84.8 cm³/mol. The van der Waals surface area contributed by atoms with Crippen molar-refractivity contribution < 1.29 is 4.74 Å². The Balaban J connectivity index is 2.07. The molecule has 1 nitrogen and oxygen atoms in total. The summed E-state index contributed by atoms with van der Waals surface area (Å²) in [5.41, 5.74) is 1.90. The molecule has 0 radical (unpaired) electrons. The van der Waals surface area contributed by atoms with E-state index in [1.165, 1.54) is 70.6 Å². The van der Waals surface area contributed by atoms with E-state index in [-0.39, 0.29) is 5.60 Å². The van der Waals surface area contributed by atoms with E-state index in [0.717, 1.165) is 0 Å². The van der Waals surface area contributed by atoms with E-state index >= 15 is 0 Å². The minimum Gasteiger partial charge on any atom is -0.379 e. The molecule has 1 spiro atoms. The predicted octanol–water partition coefficient (Wildman–Crippen LogP) is 5.72. The van der Waals surface area contributed by atoms with Crippen LogP contribution in [-0.2, 0) is 4.74 Å². The molecule has 3 aliphatic rings. The second-order valence-electron chi connectivity index (χ2n) is 8.67. The summed E-state index contributed by atoms with van der Waals surface area (Å²) >= 11 is 0. The highest BCUT2D eigenvalue weighted by Gasteiger charge is 2.66. The lowest BCUT2D eigenvalue weighted by Crippen LogP contribution is -2.53. The maximum Gasteiger partial charge on any atom is 0.0656 e. The number of ether oxygens (including phenoxy) is 1. The molecule has 0 N–H and O–H groups in total. The lowest BCUT2D eigenvalue weighted by atomic mass is 9.47. The van der Waals surface area contributed by atoms with Crippen molar-refractivity contribution >= 4 is 0 Å². The number of hydrogen-bond donors (Lipinski definition) is 0. The first-order chi connectivity index (χ1) is 9.45. The normalized spacial score (nSPS) is 52.2. The Labute approximate surface area is 125 Å². The number of hydrogen-bond acceptors (Lipinski definition) is 1. The van der Waals surface area contributed by atoms with E-state index in [0.29, 0.717) is 16.2 Å². The summed E-state index contributed by atoms with van der Waals surface area (Å²) in [6, 6.07) is 0. The molecule has 0 aromatic heterocycles. The van der Waals surface area contributed by atoms with E-state index in [4.69, 9.17) is 4.74 Å². The van der Waals surface area contributed by atoms with Crippen LogP contribution < -0.4 is 0 Å². The molecule has 0 heterocycles. The molecule has 0 aliphatic heterocycles. The highest BCUT2D eigenvalue weighted by atomic mass is 16.5. The molecule has 3 unspecified atom stereocenters. The van der Waals surface area contributed by atoms with Crippen molar-refractivity contribution in [1.82, 2.24) is 0 Å². The van der Waals surface area contributed by atoms with Gasteiger partial charge in [0.1, 0.15) is 0 Å². The van der Waals surface area contributed by atoms with Gasteiger partial charge >= 0.3 is 0 Å². The minimum atomic E-state index is 0.134. The Kier molecular flexibility index (Phi) is 3.52. The zero-order chi connectivity index (χ0) is 14.5. The van der Waals surface area contributed by atoms with Gasteiger partial charge in [-0.15, -0.1) is 0 Å². The summed E-state index contributed by atoms with van der Waals surface area (Å²) in [7, 11) is 1.94. The summed E-state index contributed by atoms with van der Waals surface area (Å²) in [5, 5.41) is 0. The van der Waals surface area contributed by atoms with Crippen molar-refractivity contribution in [3.63, 3.8) is 0 Å². The lowest BCUT2D eigenvalue weighted by Gasteiger charge is -2.58. The number of methoxy groups -OCH3 is 1. The third-order valence-electron chi connectivity index (χ3n) is 8.11. The Morgan fingerprint density at radius 3 is 2.30 bits per heavy atom. The fourth-order valence-corrected chi connectivity index (χ4v) is 6.75. The van der Waals surface area contributed by atoms with Crippen molar-refractivity contribution in [3.8, 4) is 0 Å². The SMILES string of the molecule is CCC12CCCC[C@@](C)(CC1)C21CCCC(C)(OC)C1. The maximum absolute atomic E-state index is 6.01. The molecule has 2 bridgehead atoms. The molecule has 1 heteroatoms. The van der Waals surface area contributed by atoms with Crippen molar-refractivity contribution in [2.45, 2.75) is 97.0 Å². The van der Waals surface area contributed by atoms with E-state index in [2.05, 4.69) is 20.8 Å². The smallest absolute Gasteiger partial charge is 0.0656 e. The summed E-state index contributed by atoms with van der Waals surface area (Å²) in [5.74, 6) is 0. The molecule has 3 aliphatic carbocycles. The zero-order valence-corrected chi connectivity index (χ0v) is 14.2. The molecule has 4 atom stereocenters. The lowest BCUT2D eigenvalue weighted by molar-refractivity contribution is -0.142. The minimum absolute atomic E-state index is 0.134. The molecule has 3 saturated carbocycles. The van der Waals surface area contributed by atoms with Crippen LogP contribution in [0.15, 0.2) is 0 Å². The largest absolute Gasteiger partial charge is 0.379 e. The first-order valence-corrected chi connectivity index (χ1v) is 9.00. The quantitative estimate of drug-likeness (QED) is 0.627. The first-order valence-electron chi connectivity index (χ1n) is 9.00. The zero-order valence-electron chi connectivity index (χ0n) is 14.2. The standard InChI is InChI=1S/C19H34O/c1-5-18-11-7-6-9-16(2,13-14-18)19(18)12-8-10-17(3,15-19)20-4/h5-15H2,1-4H3/t16-,17?,18?,19?/m0/s1. The number of rotatable bonds is 2. The van der Waals surface area contributed by atoms with Gasteiger partial charge in [0, 0.05) is 7.11 Å². The summed E-state index contributed by atoms with van der Waals surface area (Å²) < 4.78 is 6.01. The van der Waals surface area contributed by atoms with E-state index in [9.17, 15) is 0 Å². The van der Waals surface area contributed by atoms with Crippen LogP contribution in [0.4, 0.5) is 0 Å². The second kappa shape index (κ2) is 4.73. The molecule has 0 amide bonds. The molecular formula is C19H34O. The van der Waals surface area contributed by atoms with Gasteiger partial charge in [0.05, 0.1) is 5.60 Å². The Morgan fingerprint density at radius 1 is 0.850 bits per heavy atom. The van der Waals surface area contributed by atoms with Crippen LogP contribution in [0, 0.1) is 16.2 Å². The van der Waals surface area contributed by atoms with Gasteiger partial charge in [-0.2, -0.15) is 0 Å². The Morgan fingerprint density at radius 2 is 1.60 bits per heavy atom. The Bertz CT molecular complexity index is 374. The Hall–Kier alpha value is -0.0400. The molecule has 3 rings (SSSR count). The van der Waals surface area contributed by atoms with Gasteiger partial charge < -0.3 is 4.74 Å². The van der Waals surface area contributed by atoms with Crippen LogP contribution in [0.25, 0.3) is 0 Å². The molecule has 0 aromatic carbocycles. The van der Waals surface area contributed by atoms with Crippen molar-refractivity contribution in [3.05, 3.63) is 0 Å².